The predicted octanol–water partition coefficient (Wildman–Crippen LogP) is 4.41. The van der Waals surface area contributed by atoms with E-state index in [1.165, 1.54) is 32.1 Å². The first-order chi connectivity index (χ1) is 10.3. The van der Waals surface area contributed by atoms with Gasteiger partial charge in [0, 0.05) is 10.0 Å². The van der Waals surface area contributed by atoms with Crippen LogP contribution >= 0.6 is 15.9 Å². The molecule has 0 amide bonds. The van der Waals surface area contributed by atoms with E-state index in [2.05, 4.69) is 37.9 Å². The van der Waals surface area contributed by atoms with E-state index in [0.717, 1.165) is 10.0 Å². The minimum absolute atomic E-state index is 0.155. The molecule has 2 aromatic rings. The summed E-state index contributed by atoms with van der Waals surface area (Å²) in [6.07, 6.45) is 8.35. The van der Waals surface area contributed by atoms with Crippen LogP contribution in [0, 0.1) is 5.92 Å². The van der Waals surface area contributed by atoms with Gasteiger partial charge in [0.15, 0.2) is 0 Å². The SMILES string of the molecule is C=C[C@@H](C1CCCCC1)n1nnc(-c2ccc(Br)cc2)n1. The van der Waals surface area contributed by atoms with Gasteiger partial charge in [-0.2, -0.15) is 4.80 Å². The van der Waals surface area contributed by atoms with Gasteiger partial charge in [-0.3, -0.25) is 0 Å². The molecule has 21 heavy (non-hydrogen) atoms. The van der Waals surface area contributed by atoms with E-state index >= 15 is 0 Å². The van der Waals surface area contributed by atoms with Crippen LogP contribution in [0.1, 0.15) is 38.1 Å². The quantitative estimate of drug-likeness (QED) is 0.770. The number of hydrogen-bond acceptors (Lipinski definition) is 3. The average molecular weight is 347 g/mol. The third kappa shape index (κ3) is 3.23. The van der Waals surface area contributed by atoms with E-state index in [0.29, 0.717) is 11.7 Å². The Morgan fingerprint density at radius 3 is 2.57 bits per heavy atom. The lowest BCUT2D eigenvalue weighted by Crippen LogP contribution is -2.22. The monoisotopic (exact) mass is 346 g/mol. The predicted molar refractivity (Wildman–Crippen MR) is 86.8 cm³/mol. The summed E-state index contributed by atoms with van der Waals surface area (Å²) in [6, 6.07) is 8.12. The van der Waals surface area contributed by atoms with Crippen molar-refractivity contribution in [1.82, 2.24) is 20.2 Å². The van der Waals surface area contributed by atoms with E-state index in [-0.39, 0.29) is 6.04 Å². The molecule has 1 aromatic carbocycles. The lowest BCUT2D eigenvalue weighted by atomic mass is 9.84. The Hall–Kier alpha value is -1.49. The van der Waals surface area contributed by atoms with Gasteiger partial charge in [-0.1, -0.05) is 41.3 Å². The second-order valence-electron chi connectivity index (χ2n) is 5.56. The van der Waals surface area contributed by atoms with Gasteiger partial charge < -0.3 is 0 Å². The van der Waals surface area contributed by atoms with Crippen LogP contribution < -0.4 is 0 Å². The normalized spacial score (nSPS) is 17.6. The molecule has 1 saturated carbocycles. The maximum Gasteiger partial charge on any atom is 0.204 e. The van der Waals surface area contributed by atoms with Crippen LogP contribution in [0.3, 0.4) is 0 Å². The van der Waals surface area contributed by atoms with Gasteiger partial charge in [0.25, 0.3) is 0 Å². The largest absolute Gasteiger partial charge is 0.204 e. The van der Waals surface area contributed by atoms with Gasteiger partial charge in [-0.05, 0) is 48.2 Å². The third-order valence-electron chi connectivity index (χ3n) is 4.17. The summed E-state index contributed by atoms with van der Waals surface area (Å²) in [4.78, 5) is 1.74. The molecule has 0 unspecified atom stereocenters. The smallest absolute Gasteiger partial charge is 0.157 e. The van der Waals surface area contributed by atoms with Crippen LogP contribution in [0.2, 0.25) is 0 Å². The molecule has 1 aliphatic carbocycles. The van der Waals surface area contributed by atoms with Crippen LogP contribution in [0.25, 0.3) is 11.4 Å². The lowest BCUT2D eigenvalue weighted by molar-refractivity contribution is 0.254. The molecule has 5 heteroatoms. The summed E-state index contributed by atoms with van der Waals surface area (Å²) in [5.74, 6) is 1.26. The van der Waals surface area contributed by atoms with Crippen LogP contribution in [0.5, 0.6) is 0 Å². The molecular weight excluding hydrogens is 328 g/mol. The molecule has 4 nitrogen and oxygen atoms in total. The Labute approximate surface area is 133 Å². The lowest BCUT2D eigenvalue weighted by Gasteiger charge is -2.26. The van der Waals surface area contributed by atoms with Crippen molar-refractivity contribution < 1.29 is 0 Å². The summed E-state index contributed by atoms with van der Waals surface area (Å²) in [5.41, 5.74) is 0.982. The second kappa shape index (κ2) is 6.52. The zero-order valence-corrected chi connectivity index (χ0v) is 13.5. The Balaban J connectivity index is 1.82. The number of nitrogens with zero attached hydrogens (tertiary/aromatic N) is 4. The molecule has 0 spiro atoms. The van der Waals surface area contributed by atoms with Crippen molar-refractivity contribution >= 4 is 15.9 Å². The van der Waals surface area contributed by atoms with Crippen LogP contribution in [0.4, 0.5) is 0 Å². The zero-order valence-electron chi connectivity index (χ0n) is 12.0. The number of allylic oxidation sites excluding steroid dienone is 1. The average Bonchev–Trinajstić information content (AvgIpc) is 2.99. The van der Waals surface area contributed by atoms with E-state index < -0.39 is 0 Å². The van der Waals surface area contributed by atoms with Crippen molar-refractivity contribution in [2.45, 2.75) is 38.1 Å². The molecular formula is C16H19BrN4. The third-order valence-corrected chi connectivity index (χ3v) is 4.70. The van der Waals surface area contributed by atoms with Gasteiger partial charge >= 0.3 is 0 Å². The molecule has 1 fully saturated rings. The Morgan fingerprint density at radius 2 is 1.90 bits per heavy atom. The van der Waals surface area contributed by atoms with Crippen LogP contribution in [-0.2, 0) is 0 Å². The van der Waals surface area contributed by atoms with E-state index in [4.69, 9.17) is 0 Å². The van der Waals surface area contributed by atoms with E-state index in [9.17, 15) is 0 Å². The topological polar surface area (TPSA) is 43.6 Å². The maximum atomic E-state index is 4.56. The first-order valence-electron chi connectivity index (χ1n) is 7.46. The molecule has 0 N–H and O–H groups in total. The Morgan fingerprint density at radius 1 is 1.19 bits per heavy atom. The number of halogens is 1. The first kappa shape index (κ1) is 14.4. The fourth-order valence-corrected chi connectivity index (χ4v) is 3.28. The second-order valence-corrected chi connectivity index (χ2v) is 6.48. The maximum absolute atomic E-state index is 4.56. The van der Waals surface area contributed by atoms with Crippen molar-refractivity contribution in [1.29, 1.82) is 0 Å². The molecule has 0 aliphatic heterocycles. The number of tetrazole rings is 1. The van der Waals surface area contributed by atoms with Gasteiger partial charge in [0.05, 0.1) is 6.04 Å². The summed E-state index contributed by atoms with van der Waals surface area (Å²) < 4.78 is 1.05. The van der Waals surface area contributed by atoms with Gasteiger partial charge in [-0.15, -0.1) is 16.8 Å². The van der Waals surface area contributed by atoms with Crippen molar-refractivity contribution in [3.63, 3.8) is 0 Å². The highest BCUT2D eigenvalue weighted by Gasteiger charge is 2.24. The minimum atomic E-state index is 0.155. The number of rotatable bonds is 4. The van der Waals surface area contributed by atoms with Crippen molar-refractivity contribution in [3.8, 4) is 11.4 Å². The summed E-state index contributed by atoms with van der Waals surface area (Å²) >= 11 is 3.43. The fourth-order valence-electron chi connectivity index (χ4n) is 3.02. The summed E-state index contributed by atoms with van der Waals surface area (Å²) in [7, 11) is 0. The number of aromatic nitrogens is 4. The molecule has 0 radical (unpaired) electrons. The van der Waals surface area contributed by atoms with Crippen molar-refractivity contribution in [3.05, 3.63) is 41.4 Å². The summed E-state index contributed by atoms with van der Waals surface area (Å²) in [5, 5.41) is 13.0. The highest BCUT2D eigenvalue weighted by molar-refractivity contribution is 9.10. The van der Waals surface area contributed by atoms with Gasteiger partial charge in [0.1, 0.15) is 0 Å². The van der Waals surface area contributed by atoms with Crippen molar-refractivity contribution in [2.75, 3.05) is 0 Å². The highest BCUT2D eigenvalue weighted by atomic mass is 79.9. The van der Waals surface area contributed by atoms with Crippen molar-refractivity contribution in [2.24, 2.45) is 5.92 Å². The standard InChI is InChI=1S/C16H19BrN4/c1-2-15(12-6-4-3-5-7-12)21-19-16(18-20-21)13-8-10-14(17)11-9-13/h2,8-12,15H,1,3-7H2/t15-/m0/s1. The minimum Gasteiger partial charge on any atom is -0.157 e. The molecule has 3 rings (SSSR count). The molecule has 1 aliphatic rings. The number of hydrogen-bond donors (Lipinski definition) is 0. The van der Waals surface area contributed by atoms with E-state index in [1.54, 1.807) is 4.80 Å². The highest BCUT2D eigenvalue weighted by Crippen LogP contribution is 2.33. The molecule has 1 heterocycles. The summed E-state index contributed by atoms with van der Waals surface area (Å²) in [6.45, 7) is 3.97. The fraction of sp³-hybridized carbons (Fsp3) is 0.438. The molecule has 1 aromatic heterocycles. The number of benzene rings is 1. The molecule has 0 bridgehead atoms. The van der Waals surface area contributed by atoms with Crippen LogP contribution in [0.15, 0.2) is 41.4 Å². The first-order valence-corrected chi connectivity index (χ1v) is 8.25. The van der Waals surface area contributed by atoms with Crippen LogP contribution in [-0.4, -0.2) is 20.2 Å². The van der Waals surface area contributed by atoms with E-state index in [1.807, 2.05) is 30.3 Å². The molecule has 110 valence electrons. The molecule has 0 saturated heterocycles. The van der Waals surface area contributed by atoms with Gasteiger partial charge in [-0.25, -0.2) is 0 Å². The molecule has 1 atom stereocenters. The Bertz CT molecular complexity index is 599. The van der Waals surface area contributed by atoms with Gasteiger partial charge in [0.2, 0.25) is 5.82 Å². The Kier molecular flexibility index (Phi) is 4.48. The zero-order chi connectivity index (χ0) is 14.7.